The Bertz CT molecular complexity index is 1050. The summed E-state index contributed by atoms with van der Waals surface area (Å²) < 4.78 is 13.0. The molecule has 40 heavy (non-hydrogen) atoms. The predicted octanol–water partition coefficient (Wildman–Crippen LogP) is 6.48. The lowest BCUT2D eigenvalue weighted by atomic mass is 9.92. The van der Waals surface area contributed by atoms with Gasteiger partial charge in [0.2, 0.25) is 0 Å². The molecule has 0 fully saturated rings. The number of hydrogen-bond donors (Lipinski definition) is 2. The lowest BCUT2D eigenvalue weighted by Crippen LogP contribution is -2.66. The summed E-state index contributed by atoms with van der Waals surface area (Å²) in [7, 11) is -2.64. The van der Waals surface area contributed by atoms with Gasteiger partial charge in [0.15, 0.2) is 0 Å². The van der Waals surface area contributed by atoms with E-state index in [0.29, 0.717) is 26.1 Å². The lowest BCUT2D eigenvalue weighted by Gasteiger charge is -2.43. The van der Waals surface area contributed by atoms with Crippen LogP contribution >= 0.6 is 0 Å². The fraction of sp³-hybridized carbons (Fsp3) is 0.486. The van der Waals surface area contributed by atoms with Crippen LogP contribution in [0.5, 0.6) is 0 Å². The molecule has 0 saturated heterocycles. The first-order chi connectivity index (χ1) is 19.2. The zero-order valence-electron chi connectivity index (χ0n) is 25.1. The molecule has 0 aliphatic carbocycles. The summed E-state index contributed by atoms with van der Waals surface area (Å²) >= 11 is 0. The Morgan fingerprint density at radius 2 is 1.23 bits per heavy atom. The van der Waals surface area contributed by atoms with E-state index in [0.717, 1.165) is 19.3 Å². The van der Waals surface area contributed by atoms with E-state index >= 15 is 0 Å². The minimum atomic E-state index is -2.64. The number of aliphatic hydroxyl groups excluding tert-OH is 2. The molecular formula is C35H50O4Si. The van der Waals surface area contributed by atoms with Crippen LogP contribution in [0.1, 0.15) is 72.3 Å². The largest absolute Gasteiger partial charge is 0.407 e. The lowest BCUT2D eigenvalue weighted by molar-refractivity contribution is -0.000314. The van der Waals surface area contributed by atoms with Gasteiger partial charge in [-0.15, -0.1) is 0 Å². The molecule has 3 aromatic rings. The average molecular weight is 563 g/mol. The van der Waals surface area contributed by atoms with E-state index in [1.807, 2.05) is 37.3 Å². The van der Waals surface area contributed by atoms with Crippen LogP contribution in [0.15, 0.2) is 91.0 Å². The fourth-order valence-electron chi connectivity index (χ4n) is 5.62. The van der Waals surface area contributed by atoms with Gasteiger partial charge in [0.05, 0.1) is 24.9 Å². The van der Waals surface area contributed by atoms with Crippen molar-refractivity contribution in [1.82, 2.24) is 0 Å². The second-order valence-corrected chi connectivity index (χ2v) is 16.4. The Balaban J connectivity index is 1.55. The van der Waals surface area contributed by atoms with E-state index in [-0.39, 0.29) is 17.1 Å². The van der Waals surface area contributed by atoms with Gasteiger partial charge in [-0.2, -0.15) is 0 Å². The molecule has 0 saturated carbocycles. The third-order valence-electron chi connectivity index (χ3n) is 8.17. The summed E-state index contributed by atoms with van der Waals surface area (Å²) in [5.74, 6) is -0.229. The topological polar surface area (TPSA) is 58.9 Å². The average Bonchev–Trinajstić information content (AvgIpc) is 2.97. The number of aliphatic hydroxyl groups is 2. The maximum Gasteiger partial charge on any atom is 0.261 e. The smallest absolute Gasteiger partial charge is 0.261 e. The molecule has 0 aliphatic heterocycles. The maximum atomic E-state index is 11.0. The summed E-state index contributed by atoms with van der Waals surface area (Å²) in [6.07, 6.45) is 2.83. The van der Waals surface area contributed by atoms with Gasteiger partial charge in [0.1, 0.15) is 0 Å². The molecule has 2 N–H and O–H groups in total. The Hall–Kier alpha value is -2.28. The molecule has 0 amide bonds. The standard InChI is InChI=1S/C35H50O4Si/c1-6-30(38-27-29-17-10-7-11-18-29)19-16-24-33(36)28(2)34(37)25-26-39-40(35(3,4)5,31-20-12-8-13-21-31)32-22-14-9-15-23-32/h7-15,17-18,20-23,28,30,33-34,36-37H,6,16,19,24-27H2,1-5H3/t28-,30+,33+,34-/m1/s1. The van der Waals surface area contributed by atoms with Gasteiger partial charge in [-0.3, -0.25) is 0 Å². The SMILES string of the molecule is CC[C@@H](CCC[C@H](O)[C@@H](C)[C@H](O)CCO[Si](c1ccccc1)(c1ccccc1)C(C)(C)C)OCc1ccccc1. The number of hydrogen-bond acceptors (Lipinski definition) is 4. The normalized spacial score (nSPS) is 15.4. The molecule has 0 aromatic heterocycles. The first kappa shape index (κ1) is 32.2. The molecule has 3 rings (SSSR count). The monoisotopic (exact) mass is 562 g/mol. The van der Waals surface area contributed by atoms with E-state index < -0.39 is 20.5 Å². The number of benzene rings is 3. The van der Waals surface area contributed by atoms with Crippen molar-refractivity contribution < 1.29 is 19.4 Å². The summed E-state index contributed by atoms with van der Waals surface area (Å²) in [4.78, 5) is 0. The Morgan fingerprint density at radius 3 is 1.73 bits per heavy atom. The van der Waals surface area contributed by atoms with Gasteiger partial charge in [-0.05, 0) is 53.1 Å². The van der Waals surface area contributed by atoms with Crippen molar-refractivity contribution in [2.75, 3.05) is 6.61 Å². The molecule has 0 bridgehead atoms. The Labute approximate surface area is 243 Å². The van der Waals surface area contributed by atoms with Gasteiger partial charge >= 0.3 is 0 Å². The summed E-state index contributed by atoms with van der Waals surface area (Å²) in [6.45, 7) is 11.9. The molecule has 4 atom stereocenters. The van der Waals surface area contributed by atoms with E-state index in [9.17, 15) is 10.2 Å². The summed E-state index contributed by atoms with van der Waals surface area (Å²) in [5, 5.41) is 24.3. The molecule has 0 spiro atoms. The number of ether oxygens (including phenoxy) is 1. The van der Waals surface area contributed by atoms with Crippen LogP contribution in [0, 0.1) is 5.92 Å². The van der Waals surface area contributed by atoms with Gasteiger partial charge in [-0.25, -0.2) is 0 Å². The molecule has 4 nitrogen and oxygen atoms in total. The van der Waals surface area contributed by atoms with E-state index in [4.69, 9.17) is 9.16 Å². The zero-order valence-corrected chi connectivity index (χ0v) is 26.1. The Kier molecular flexibility index (Phi) is 12.6. The van der Waals surface area contributed by atoms with E-state index in [1.54, 1.807) is 0 Å². The van der Waals surface area contributed by atoms with Gasteiger partial charge in [-0.1, -0.05) is 126 Å². The molecule has 5 heteroatoms. The molecule has 0 radical (unpaired) electrons. The van der Waals surface area contributed by atoms with Crippen molar-refractivity contribution in [3.63, 3.8) is 0 Å². The van der Waals surface area contributed by atoms with Crippen molar-refractivity contribution in [1.29, 1.82) is 0 Å². The van der Waals surface area contributed by atoms with Gasteiger partial charge in [0.25, 0.3) is 8.32 Å². The molecule has 0 unspecified atom stereocenters. The highest BCUT2D eigenvalue weighted by molar-refractivity contribution is 6.99. The van der Waals surface area contributed by atoms with Crippen molar-refractivity contribution in [2.45, 2.75) is 96.7 Å². The fourth-order valence-corrected chi connectivity index (χ4v) is 10.2. The van der Waals surface area contributed by atoms with Crippen LogP contribution < -0.4 is 10.4 Å². The number of rotatable bonds is 16. The van der Waals surface area contributed by atoms with E-state index in [1.165, 1.54) is 15.9 Å². The van der Waals surface area contributed by atoms with Crippen LogP contribution in [0.3, 0.4) is 0 Å². The maximum absolute atomic E-state index is 11.0. The highest BCUT2D eigenvalue weighted by Crippen LogP contribution is 2.37. The first-order valence-corrected chi connectivity index (χ1v) is 16.9. The van der Waals surface area contributed by atoms with Crippen LogP contribution in [0.2, 0.25) is 5.04 Å². The molecular weight excluding hydrogens is 512 g/mol. The molecule has 3 aromatic carbocycles. The second-order valence-electron chi connectivity index (χ2n) is 12.1. The van der Waals surface area contributed by atoms with E-state index in [2.05, 4.69) is 88.4 Å². The highest BCUT2D eigenvalue weighted by atomic mass is 28.4. The van der Waals surface area contributed by atoms with Crippen LogP contribution in [0.4, 0.5) is 0 Å². The van der Waals surface area contributed by atoms with Crippen molar-refractivity contribution in [3.8, 4) is 0 Å². The van der Waals surface area contributed by atoms with Crippen molar-refractivity contribution in [2.24, 2.45) is 5.92 Å². The van der Waals surface area contributed by atoms with Gasteiger partial charge in [0, 0.05) is 12.5 Å². The minimum absolute atomic E-state index is 0.107. The Morgan fingerprint density at radius 1 is 0.725 bits per heavy atom. The predicted molar refractivity (Wildman–Crippen MR) is 169 cm³/mol. The first-order valence-electron chi connectivity index (χ1n) is 15.0. The minimum Gasteiger partial charge on any atom is -0.407 e. The van der Waals surface area contributed by atoms with Crippen molar-refractivity contribution >= 4 is 18.7 Å². The summed E-state index contributed by atoms with van der Waals surface area (Å²) in [5.41, 5.74) is 1.18. The quantitative estimate of drug-likeness (QED) is 0.196. The van der Waals surface area contributed by atoms with Crippen LogP contribution in [-0.2, 0) is 15.8 Å². The summed E-state index contributed by atoms with van der Waals surface area (Å²) in [6, 6.07) is 31.4. The molecule has 218 valence electrons. The van der Waals surface area contributed by atoms with Crippen LogP contribution in [0.25, 0.3) is 0 Å². The molecule has 0 aliphatic rings. The van der Waals surface area contributed by atoms with Crippen LogP contribution in [-0.4, -0.2) is 43.4 Å². The molecule has 0 heterocycles. The second kappa shape index (κ2) is 15.6. The van der Waals surface area contributed by atoms with Gasteiger partial charge < -0.3 is 19.4 Å². The zero-order chi connectivity index (χ0) is 29.0. The van der Waals surface area contributed by atoms with Crippen molar-refractivity contribution in [3.05, 3.63) is 96.6 Å². The third-order valence-corrected chi connectivity index (χ3v) is 13.2. The third kappa shape index (κ3) is 8.61. The highest BCUT2D eigenvalue weighted by Gasteiger charge is 2.50.